The van der Waals surface area contributed by atoms with E-state index < -0.39 is 0 Å². The number of nitrogens with two attached hydrogens (primary N) is 1. The second-order valence-electron chi connectivity index (χ2n) is 4.11. The number of nitrogens with zero attached hydrogens (tertiary/aromatic N) is 1. The molecule has 1 rings (SSSR count). The SMILES string of the molecule is CC(C)(C)OC=O.NN1CCNCC1. The molecule has 1 aliphatic heterocycles. The first kappa shape index (κ1) is 13.4. The van der Waals surface area contributed by atoms with Crippen LogP contribution in [-0.4, -0.2) is 43.3 Å². The molecule has 0 aromatic heterocycles. The summed E-state index contributed by atoms with van der Waals surface area (Å²) < 4.78 is 4.55. The highest BCUT2D eigenvalue weighted by Crippen LogP contribution is 2.02. The average Bonchev–Trinajstić information content (AvgIpc) is 2.04. The minimum Gasteiger partial charge on any atom is -0.462 e. The van der Waals surface area contributed by atoms with E-state index in [0.717, 1.165) is 26.2 Å². The van der Waals surface area contributed by atoms with Crippen LogP contribution in [0.5, 0.6) is 0 Å². The monoisotopic (exact) mass is 203 g/mol. The molecule has 14 heavy (non-hydrogen) atoms. The van der Waals surface area contributed by atoms with Gasteiger partial charge in [-0.1, -0.05) is 0 Å². The lowest BCUT2D eigenvalue weighted by Crippen LogP contribution is -2.47. The molecule has 84 valence electrons. The number of hydrogen-bond acceptors (Lipinski definition) is 5. The number of piperazine rings is 1. The number of hydrazine groups is 1. The van der Waals surface area contributed by atoms with E-state index in [0.29, 0.717) is 6.47 Å². The van der Waals surface area contributed by atoms with E-state index in [4.69, 9.17) is 5.84 Å². The summed E-state index contributed by atoms with van der Waals surface area (Å²) in [6.45, 7) is 9.97. The van der Waals surface area contributed by atoms with Gasteiger partial charge in [-0.25, -0.2) is 5.01 Å². The lowest BCUT2D eigenvalue weighted by atomic mass is 10.2. The maximum absolute atomic E-state index is 9.60. The van der Waals surface area contributed by atoms with Crippen LogP contribution in [0.3, 0.4) is 0 Å². The second-order valence-corrected chi connectivity index (χ2v) is 4.11. The number of ether oxygens (including phenoxy) is 1. The van der Waals surface area contributed by atoms with Crippen LogP contribution in [0.4, 0.5) is 0 Å². The topological polar surface area (TPSA) is 67.6 Å². The van der Waals surface area contributed by atoms with Crippen LogP contribution in [-0.2, 0) is 9.53 Å². The van der Waals surface area contributed by atoms with E-state index in [1.54, 1.807) is 0 Å². The Hall–Kier alpha value is -0.650. The Morgan fingerprint density at radius 2 is 1.86 bits per heavy atom. The summed E-state index contributed by atoms with van der Waals surface area (Å²) in [6.07, 6.45) is 0. The highest BCUT2D eigenvalue weighted by Gasteiger charge is 2.07. The van der Waals surface area contributed by atoms with Crippen molar-refractivity contribution in [2.45, 2.75) is 26.4 Å². The molecule has 5 nitrogen and oxygen atoms in total. The number of rotatable bonds is 1. The van der Waals surface area contributed by atoms with Crippen LogP contribution < -0.4 is 11.2 Å². The standard InChI is InChI=1S/C5H10O2.C4H11N3/c1-5(2,3)7-4-6;5-7-3-1-6-2-4-7/h4H,1-3H3;6H,1-5H2. The van der Waals surface area contributed by atoms with Crippen LogP contribution in [0.25, 0.3) is 0 Å². The van der Waals surface area contributed by atoms with Crippen LogP contribution in [0.15, 0.2) is 0 Å². The second kappa shape index (κ2) is 6.75. The van der Waals surface area contributed by atoms with Crippen LogP contribution in [0.1, 0.15) is 20.8 Å². The molecule has 0 radical (unpaired) electrons. The van der Waals surface area contributed by atoms with E-state index >= 15 is 0 Å². The zero-order valence-electron chi connectivity index (χ0n) is 9.25. The van der Waals surface area contributed by atoms with Crippen molar-refractivity contribution >= 4 is 6.47 Å². The summed E-state index contributed by atoms with van der Waals surface area (Å²) in [5.74, 6) is 5.43. The molecule has 1 saturated heterocycles. The Kier molecular flexibility index (Phi) is 6.44. The van der Waals surface area contributed by atoms with Gasteiger partial charge in [-0.3, -0.25) is 10.6 Å². The molecule has 0 aliphatic carbocycles. The Labute approximate surface area is 85.6 Å². The van der Waals surface area contributed by atoms with Crippen molar-refractivity contribution in [3.8, 4) is 0 Å². The summed E-state index contributed by atoms with van der Waals surface area (Å²) in [6, 6.07) is 0. The number of carbonyl (C=O) groups is 1. The lowest BCUT2D eigenvalue weighted by molar-refractivity contribution is -0.138. The molecule has 0 unspecified atom stereocenters. The third-order valence-electron chi connectivity index (χ3n) is 1.55. The molecule has 0 amide bonds. The molecule has 1 heterocycles. The van der Waals surface area contributed by atoms with Crippen LogP contribution in [0, 0.1) is 0 Å². The smallest absolute Gasteiger partial charge is 0.293 e. The summed E-state index contributed by atoms with van der Waals surface area (Å²) >= 11 is 0. The molecular formula is C9H21N3O2. The number of hydrogen-bond donors (Lipinski definition) is 2. The molecule has 0 aromatic rings. The van der Waals surface area contributed by atoms with Gasteiger partial charge in [-0.05, 0) is 20.8 Å². The third-order valence-corrected chi connectivity index (χ3v) is 1.55. The molecule has 5 heteroatoms. The van der Waals surface area contributed by atoms with Gasteiger partial charge < -0.3 is 10.1 Å². The van der Waals surface area contributed by atoms with Gasteiger partial charge in [0.1, 0.15) is 5.60 Å². The fraction of sp³-hybridized carbons (Fsp3) is 0.889. The molecule has 0 bridgehead atoms. The summed E-state index contributed by atoms with van der Waals surface area (Å²) in [5.41, 5.74) is -0.318. The minimum atomic E-state index is -0.318. The van der Waals surface area contributed by atoms with E-state index in [-0.39, 0.29) is 5.60 Å². The van der Waals surface area contributed by atoms with Crippen LogP contribution in [0.2, 0.25) is 0 Å². The molecule has 3 N–H and O–H groups in total. The fourth-order valence-electron chi connectivity index (χ4n) is 0.826. The van der Waals surface area contributed by atoms with Gasteiger partial charge in [0.15, 0.2) is 0 Å². The Morgan fingerprint density at radius 1 is 1.36 bits per heavy atom. The predicted molar refractivity (Wildman–Crippen MR) is 55.5 cm³/mol. The number of carbonyl (C=O) groups excluding carboxylic acids is 1. The molecule has 1 fully saturated rings. The van der Waals surface area contributed by atoms with Gasteiger partial charge in [0.2, 0.25) is 0 Å². The Bertz CT molecular complexity index is 151. The summed E-state index contributed by atoms with van der Waals surface area (Å²) in [4.78, 5) is 9.60. The molecule has 1 aliphatic rings. The largest absolute Gasteiger partial charge is 0.462 e. The highest BCUT2D eigenvalue weighted by molar-refractivity contribution is 5.37. The predicted octanol–water partition coefficient (Wildman–Crippen LogP) is -0.277. The van der Waals surface area contributed by atoms with Gasteiger partial charge in [-0.15, -0.1) is 0 Å². The number of nitrogens with one attached hydrogen (secondary N) is 1. The van der Waals surface area contributed by atoms with Crippen molar-refractivity contribution in [3.63, 3.8) is 0 Å². The fourth-order valence-corrected chi connectivity index (χ4v) is 0.826. The van der Waals surface area contributed by atoms with Crippen molar-refractivity contribution in [2.24, 2.45) is 5.84 Å². The first-order chi connectivity index (χ1) is 6.45. The molecule has 0 atom stereocenters. The molecular weight excluding hydrogens is 182 g/mol. The van der Waals surface area contributed by atoms with Gasteiger partial charge >= 0.3 is 0 Å². The minimum absolute atomic E-state index is 0.318. The van der Waals surface area contributed by atoms with E-state index in [1.165, 1.54) is 0 Å². The van der Waals surface area contributed by atoms with Crippen molar-refractivity contribution < 1.29 is 9.53 Å². The molecule has 0 spiro atoms. The lowest BCUT2D eigenvalue weighted by Gasteiger charge is -2.21. The van der Waals surface area contributed by atoms with Crippen molar-refractivity contribution in [2.75, 3.05) is 26.2 Å². The maximum Gasteiger partial charge on any atom is 0.293 e. The first-order valence-electron chi connectivity index (χ1n) is 4.77. The van der Waals surface area contributed by atoms with Crippen molar-refractivity contribution in [1.29, 1.82) is 0 Å². The summed E-state index contributed by atoms with van der Waals surface area (Å²) in [5, 5.41) is 5.02. The normalized spacial score (nSPS) is 18.0. The van der Waals surface area contributed by atoms with Gasteiger partial charge in [0.25, 0.3) is 6.47 Å². The quantitative estimate of drug-likeness (QED) is 0.453. The Balaban J connectivity index is 0.000000241. The summed E-state index contributed by atoms with van der Waals surface area (Å²) in [7, 11) is 0. The van der Waals surface area contributed by atoms with Gasteiger partial charge in [0, 0.05) is 26.2 Å². The zero-order chi connectivity index (χ0) is 11.0. The highest BCUT2D eigenvalue weighted by atomic mass is 16.5. The third kappa shape index (κ3) is 9.44. The Morgan fingerprint density at radius 3 is 2.00 bits per heavy atom. The average molecular weight is 203 g/mol. The van der Waals surface area contributed by atoms with E-state index in [9.17, 15) is 4.79 Å². The van der Waals surface area contributed by atoms with Gasteiger partial charge in [0.05, 0.1) is 0 Å². The van der Waals surface area contributed by atoms with Crippen LogP contribution >= 0.6 is 0 Å². The van der Waals surface area contributed by atoms with E-state index in [2.05, 4.69) is 10.1 Å². The first-order valence-corrected chi connectivity index (χ1v) is 4.77. The zero-order valence-corrected chi connectivity index (χ0v) is 9.25. The van der Waals surface area contributed by atoms with Crippen molar-refractivity contribution in [1.82, 2.24) is 10.3 Å². The van der Waals surface area contributed by atoms with Crippen molar-refractivity contribution in [3.05, 3.63) is 0 Å². The van der Waals surface area contributed by atoms with Gasteiger partial charge in [-0.2, -0.15) is 0 Å². The maximum atomic E-state index is 9.60. The molecule has 0 saturated carbocycles. The molecule has 0 aromatic carbocycles. The van der Waals surface area contributed by atoms with E-state index in [1.807, 2.05) is 25.8 Å².